The van der Waals surface area contributed by atoms with Gasteiger partial charge in [-0.3, -0.25) is 9.59 Å². The van der Waals surface area contributed by atoms with E-state index in [-0.39, 0.29) is 17.7 Å². The molecule has 94 valence electrons. The molecule has 2 unspecified atom stereocenters. The molecule has 0 aromatic rings. The highest BCUT2D eigenvalue weighted by Crippen LogP contribution is 2.30. The minimum absolute atomic E-state index is 0.0364. The fraction of sp³-hybridized carbons (Fsp3) is 0.750. The van der Waals surface area contributed by atoms with Crippen LogP contribution in [0.1, 0.15) is 38.5 Å². The van der Waals surface area contributed by atoms with Crippen LogP contribution in [0.25, 0.3) is 0 Å². The number of unbranched alkanes of at least 4 members (excludes halogenated alkanes) is 2. The van der Waals surface area contributed by atoms with Gasteiger partial charge in [0.2, 0.25) is 5.91 Å². The van der Waals surface area contributed by atoms with Crippen LogP contribution in [0.5, 0.6) is 0 Å². The van der Waals surface area contributed by atoms with Crippen molar-refractivity contribution in [2.75, 3.05) is 6.54 Å². The summed E-state index contributed by atoms with van der Waals surface area (Å²) in [5, 5.41) is 20.0. The van der Waals surface area contributed by atoms with Crippen LogP contribution in [0, 0.1) is 23.2 Å². The molecule has 0 heterocycles. The molecule has 17 heavy (non-hydrogen) atoms. The molecule has 1 rings (SSSR count). The number of carboxylic acids is 1. The summed E-state index contributed by atoms with van der Waals surface area (Å²) in [6, 6.07) is 2.05. The summed E-state index contributed by atoms with van der Waals surface area (Å²) < 4.78 is 0. The van der Waals surface area contributed by atoms with Crippen LogP contribution in [-0.4, -0.2) is 23.5 Å². The van der Waals surface area contributed by atoms with E-state index < -0.39 is 5.97 Å². The number of rotatable bonds is 6. The summed E-state index contributed by atoms with van der Waals surface area (Å²) in [5.41, 5.74) is 0. The van der Waals surface area contributed by atoms with Crippen molar-refractivity contribution in [1.82, 2.24) is 5.32 Å². The van der Waals surface area contributed by atoms with Gasteiger partial charge in [0.15, 0.2) is 0 Å². The van der Waals surface area contributed by atoms with Gasteiger partial charge in [0.05, 0.1) is 12.0 Å². The number of carbonyl (C=O) groups is 2. The molecule has 1 amide bonds. The Balaban J connectivity index is 2.17. The van der Waals surface area contributed by atoms with Crippen LogP contribution in [0.3, 0.4) is 0 Å². The number of hydrogen-bond acceptors (Lipinski definition) is 3. The first-order valence-corrected chi connectivity index (χ1v) is 6.02. The Bertz CT molecular complexity index is 322. The molecule has 0 radical (unpaired) electrons. The van der Waals surface area contributed by atoms with Crippen LogP contribution in [-0.2, 0) is 9.59 Å². The summed E-state index contributed by atoms with van der Waals surface area (Å²) in [7, 11) is 0. The van der Waals surface area contributed by atoms with Gasteiger partial charge >= 0.3 is 5.97 Å². The van der Waals surface area contributed by atoms with Crippen molar-refractivity contribution in [3.63, 3.8) is 0 Å². The summed E-state index contributed by atoms with van der Waals surface area (Å²) in [6.07, 6.45) is 3.83. The first-order chi connectivity index (χ1) is 8.15. The second-order valence-corrected chi connectivity index (χ2v) is 4.45. The fourth-order valence-corrected chi connectivity index (χ4v) is 2.13. The van der Waals surface area contributed by atoms with Crippen molar-refractivity contribution in [3.05, 3.63) is 0 Å². The lowest BCUT2D eigenvalue weighted by atomic mass is 10.0. The van der Waals surface area contributed by atoms with Crippen molar-refractivity contribution in [2.45, 2.75) is 38.5 Å². The van der Waals surface area contributed by atoms with Crippen LogP contribution in [0.4, 0.5) is 0 Å². The highest BCUT2D eigenvalue weighted by molar-refractivity contribution is 5.80. The number of nitriles is 1. The molecule has 1 aliphatic rings. The Morgan fingerprint density at radius 3 is 2.59 bits per heavy atom. The van der Waals surface area contributed by atoms with Crippen molar-refractivity contribution in [3.8, 4) is 6.07 Å². The Morgan fingerprint density at radius 1 is 1.29 bits per heavy atom. The minimum atomic E-state index is -0.797. The van der Waals surface area contributed by atoms with Crippen molar-refractivity contribution in [2.24, 2.45) is 11.8 Å². The van der Waals surface area contributed by atoms with Crippen LogP contribution < -0.4 is 5.32 Å². The number of carboxylic acid groups (broad SMARTS) is 1. The zero-order chi connectivity index (χ0) is 12.7. The largest absolute Gasteiger partial charge is 0.481 e. The molecule has 0 spiro atoms. The molecule has 0 aromatic heterocycles. The second kappa shape index (κ2) is 6.89. The van der Waals surface area contributed by atoms with E-state index >= 15 is 0 Å². The minimum Gasteiger partial charge on any atom is -0.481 e. The lowest BCUT2D eigenvalue weighted by molar-refractivity contribution is -0.141. The molecule has 1 aliphatic carbocycles. The molecule has 5 heteroatoms. The molecular weight excluding hydrogens is 220 g/mol. The van der Waals surface area contributed by atoms with Crippen LogP contribution >= 0.6 is 0 Å². The van der Waals surface area contributed by atoms with Gasteiger partial charge in [-0.15, -0.1) is 0 Å². The van der Waals surface area contributed by atoms with E-state index in [9.17, 15) is 9.59 Å². The predicted molar refractivity (Wildman–Crippen MR) is 60.9 cm³/mol. The van der Waals surface area contributed by atoms with Gasteiger partial charge in [0.1, 0.15) is 0 Å². The number of nitrogens with zero attached hydrogens (tertiary/aromatic N) is 1. The van der Waals surface area contributed by atoms with E-state index in [1.807, 2.05) is 0 Å². The van der Waals surface area contributed by atoms with Gasteiger partial charge in [-0.1, -0.05) is 0 Å². The van der Waals surface area contributed by atoms with E-state index in [1.165, 1.54) is 0 Å². The Kier molecular flexibility index (Phi) is 5.47. The van der Waals surface area contributed by atoms with Crippen LogP contribution in [0.15, 0.2) is 0 Å². The normalized spacial score (nSPS) is 23.0. The third kappa shape index (κ3) is 4.43. The smallest absolute Gasteiger partial charge is 0.306 e. The lowest BCUT2D eigenvalue weighted by Gasteiger charge is -2.10. The van der Waals surface area contributed by atoms with E-state index in [1.54, 1.807) is 0 Å². The summed E-state index contributed by atoms with van der Waals surface area (Å²) >= 11 is 0. The quantitative estimate of drug-likeness (QED) is 0.682. The SMILES string of the molecule is N#CCCCCNC(=O)C1CCC(C(=O)O)C1. The Morgan fingerprint density at radius 2 is 2.00 bits per heavy atom. The summed E-state index contributed by atoms with van der Waals surface area (Å²) in [4.78, 5) is 22.4. The van der Waals surface area contributed by atoms with E-state index in [0.717, 1.165) is 12.8 Å². The molecule has 2 N–H and O–H groups in total. The summed E-state index contributed by atoms with van der Waals surface area (Å²) in [5.74, 6) is -1.34. The van der Waals surface area contributed by atoms with Crippen molar-refractivity contribution in [1.29, 1.82) is 5.26 Å². The van der Waals surface area contributed by atoms with E-state index in [4.69, 9.17) is 10.4 Å². The van der Waals surface area contributed by atoms with Gasteiger partial charge in [-0.05, 0) is 32.1 Å². The molecule has 2 atom stereocenters. The van der Waals surface area contributed by atoms with Crippen molar-refractivity contribution >= 4 is 11.9 Å². The lowest BCUT2D eigenvalue weighted by Crippen LogP contribution is -2.30. The zero-order valence-corrected chi connectivity index (χ0v) is 9.82. The number of aliphatic carboxylic acids is 1. The molecule has 1 saturated carbocycles. The molecule has 5 nitrogen and oxygen atoms in total. The van der Waals surface area contributed by atoms with Crippen molar-refractivity contribution < 1.29 is 14.7 Å². The Hall–Kier alpha value is -1.57. The maximum absolute atomic E-state index is 11.7. The van der Waals surface area contributed by atoms with Gasteiger partial charge in [-0.2, -0.15) is 5.26 Å². The average molecular weight is 238 g/mol. The third-order valence-corrected chi connectivity index (χ3v) is 3.17. The highest BCUT2D eigenvalue weighted by Gasteiger charge is 2.33. The topological polar surface area (TPSA) is 90.2 Å². The fourth-order valence-electron chi connectivity index (χ4n) is 2.13. The molecule has 0 saturated heterocycles. The number of amides is 1. The molecule has 1 fully saturated rings. The monoisotopic (exact) mass is 238 g/mol. The van der Waals surface area contributed by atoms with Gasteiger partial charge in [0.25, 0.3) is 0 Å². The standard InChI is InChI=1S/C12H18N2O3/c13-6-2-1-3-7-14-11(15)9-4-5-10(8-9)12(16)17/h9-10H,1-5,7-8H2,(H,14,15)(H,16,17). The van der Waals surface area contributed by atoms with Gasteiger partial charge < -0.3 is 10.4 Å². The molecule has 0 aliphatic heterocycles. The van der Waals surface area contributed by atoms with E-state index in [2.05, 4.69) is 11.4 Å². The first-order valence-electron chi connectivity index (χ1n) is 6.02. The number of hydrogen-bond donors (Lipinski definition) is 2. The maximum atomic E-state index is 11.7. The predicted octanol–water partition coefficient (Wildman–Crippen LogP) is 1.30. The van der Waals surface area contributed by atoms with E-state index in [0.29, 0.717) is 32.2 Å². The Labute approximate surface area is 101 Å². The molecule has 0 aromatic carbocycles. The maximum Gasteiger partial charge on any atom is 0.306 e. The van der Waals surface area contributed by atoms with Gasteiger partial charge in [0, 0.05) is 18.9 Å². The molecule has 0 bridgehead atoms. The summed E-state index contributed by atoms with van der Waals surface area (Å²) in [6.45, 7) is 0.578. The molecular formula is C12H18N2O3. The average Bonchev–Trinajstić information content (AvgIpc) is 2.78. The highest BCUT2D eigenvalue weighted by atomic mass is 16.4. The van der Waals surface area contributed by atoms with Gasteiger partial charge in [-0.25, -0.2) is 0 Å². The van der Waals surface area contributed by atoms with Crippen LogP contribution in [0.2, 0.25) is 0 Å². The first kappa shape index (κ1) is 13.5. The number of nitrogens with one attached hydrogen (secondary N) is 1. The third-order valence-electron chi connectivity index (χ3n) is 3.17. The zero-order valence-electron chi connectivity index (χ0n) is 9.82. The number of carbonyl (C=O) groups excluding carboxylic acids is 1. The second-order valence-electron chi connectivity index (χ2n) is 4.45.